The first-order chi connectivity index (χ1) is 14.8. The molecule has 0 bridgehead atoms. The Morgan fingerprint density at radius 2 is 2.00 bits per heavy atom. The number of hydrogen-bond acceptors (Lipinski definition) is 10. The highest BCUT2D eigenvalue weighted by molar-refractivity contribution is 6.10. The van der Waals surface area contributed by atoms with Gasteiger partial charge >= 0.3 is 5.69 Å². The third-order valence-corrected chi connectivity index (χ3v) is 4.71. The molecule has 13 nitrogen and oxygen atoms in total. The Morgan fingerprint density at radius 1 is 1.23 bits per heavy atom. The van der Waals surface area contributed by atoms with Gasteiger partial charge in [-0.3, -0.25) is 19.9 Å². The Balaban J connectivity index is 1.87. The van der Waals surface area contributed by atoms with Gasteiger partial charge in [-0.1, -0.05) is 0 Å². The largest absolute Gasteiger partial charge is 0.480 e. The Kier molecular flexibility index (Phi) is 4.69. The topological polar surface area (TPSA) is 175 Å². The number of nitro groups is 1. The van der Waals surface area contributed by atoms with Gasteiger partial charge < -0.3 is 15.4 Å². The fourth-order valence-electron chi connectivity index (χ4n) is 3.23. The van der Waals surface area contributed by atoms with Crippen LogP contribution < -0.4 is 26.6 Å². The first kappa shape index (κ1) is 19.8. The number of aromatic nitrogens is 4. The number of aliphatic imine (C=N–C) groups is 1. The highest BCUT2D eigenvalue weighted by Gasteiger charge is 2.25. The van der Waals surface area contributed by atoms with Crippen LogP contribution in [-0.2, 0) is 0 Å². The molecule has 3 heterocycles. The quantitative estimate of drug-likeness (QED) is 0.443. The lowest BCUT2D eigenvalue weighted by Gasteiger charge is -2.26. The van der Waals surface area contributed by atoms with E-state index < -0.39 is 16.2 Å². The number of H-pyrrole nitrogens is 1. The van der Waals surface area contributed by atoms with Crippen LogP contribution >= 0.6 is 0 Å². The molecule has 0 saturated carbocycles. The minimum atomic E-state index is -0.786. The minimum absolute atomic E-state index is 0.00642. The number of rotatable bonds is 4. The van der Waals surface area contributed by atoms with E-state index in [9.17, 15) is 19.7 Å². The van der Waals surface area contributed by atoms with Crippen molar-refractivity contribution in [1.29, 1.82) is 0 Å². The molecule has 0 fully saturated rings. The van der Waals surface area contributed by atoms with E-state index in [1.54, 1.807) is 11.9 Å². The molecule has 1 aliphatic heterocycles. The summed E-state index contributed by atoms with van der Waals surface area (Å²) in [5.74, 6) is 0.0483. The van der Waals surface area contributed by atoms with E-state index in [0.29, 0.717) is 11.4 Å². The molecule has 158 valence electrons. The fraction of sp³-hybridized carbons (Fsp3) is 0.167. The molecule has 3 N–H and O–H groups in total. The zero-order valence-electron chi connectivity index (χ0n) is 16.4. The van der Waals surface area contributed by atoms with Crippen molar-refractivity contribution in [2.75, 3.05) is 31.3 Å². The summed E-state index contributed by atoms with van der Waals surface area (Å²) in [5, 5.41) is 18.7. The maximum absolute atomic E-state index is 13.2. The number of methoxy groups -OCH3 is 1. The van der Waals surface area contributed by atoms with Crippen LogP contribution in [0.5, 0.6) is 5.88 Å². The number of nitrogens with one attached hydrogen (secondary N) is 1. The van der Waals surface area contributed by atoms with Gasteiger partial charge in [0.15, 0.2) is 5.82 Å². The smallest absolute Gasteiger partial charge is 0.335 e. The second-order valence-corrected chi connectivity index (χ2v) is 6.64. The summed E-state index contributed by atoms with van der Waals surface area (Å²) >= 11 is 0. The number of non-ortho nitro benzene ring substituents is 1. The lowest BCUT2D eigenvalue weighted by atomic mass is 10.1. The first-order valence-electron chi connectivity index (χ1n) is 8.90. The molecule has 0 atom stereocenters. The highest BCUT2D eigenvalue weighted by atomic mass is 16.6. The predicted molar refractivity (Wildman–Crippen MR) is 112 cm³/mol. The number of nitrogens with zero attached hydrogens (tertiary/aromatic N) is 6. The molecule has 13 heteroatoms. The van der Waals surface area contributed by atoms with Crippen molar-refractivity contribution in [3.05, 3.63) is 66.8 Å². The van der Waals surface area contributed by atoms with Crippen molar-refractivity contribution in [2.45, 2.75) is 0 Å². The molecule has 0 amide bonds. The van der Waals surface area contributed by atoms with E-state index in [1.165, 1.54) is 37.4 Å². The summed E-state index contributed by atoms with van der Waals surface area (Å²) in [6.07, 6.45) is 0. The molecule has 0 radical (unpaired) electrons. The minimum Gasteiger partial charge on any atom is -0.480 e. The normalized spacial score (nSPS) is 12.8. The van der Waals surface area contributed by atoms with Gasteiger partial charge in [0.1, 0.15) is 11.4 Å². The highest BCUT2D eigenvalue weighted by Crippen LogP contribution is 2.35. The predicted octanol–water partition coefficient (Wildman–Crippen LogP) is 0.385. The third-order valence-electron chi connectivity index (χ3n) is 4.71. The van der Waals surface area contributed by atoms with Gasteiger partial charge in [0.25, 0.3) is 11.2 Å². The van der Waals surface area contributed by atoms with Crippen molar-refractivity contribution in [1.82, 2.24) is 19.7 Å². The van der Waals surface area contributed by atoms with Gasteiger partial charge in [-0.05, 0) is 12.1 Å². The van der Waals surface area contributed by atoms with Gasteiger partial charge in [-0.2, -0.15) is 0 Å². The monoisotopic (exact) mass is 424 g/mol. The fourth-order valence-corrected chi connectivity index (χ4v) is 3.23. The standard InChI is InChI=1S/C18H16N8O5/c1-24-8-11(20-10-4-3-9(26(29)30)7-12(10)24)15-16(19)21-18(28)25(17(15)27)13-5-6-14(31-2)23-22-13/h3-7H,8,19H2,1-2H3,(H,21,28). The number of nitrogens with two attached hydrogens (primary N) is 1. The van der Waals surface area contributed by atoms with Crippen LogP contribution in [0, 0.1) is 10.1 Å². The van der Waals surface area contributed by atoms with Crippen molar-refractivity contribution in [3.63, 3.8) is 0 Å². The molecule has 1 aromatic carbocycles. The van der Waals surface area contributed by atoms with Crippen molar-refractivity contribution < 1.29 is 9.66 Å². The lowest BCUT2D eigenvalue weighted by Crippen LogP contribution is -2.41. The van der Waals surface area contributed by atoms with E-state index in [-0.39, 0.29) is 41.0 Å². The number of aromatic amines is 1. The maximum atomic E-state index is 13.2. The van der Waals surface area contributed by atoms with Crippen molar-refractivity contribution >= 4 is 28.6 Å². The Hall–Kier alpha value is -4.55. The lowest BCUT2D eigenvalue weighted by molar-refractivity contribution is -0.384. The van der Waals surface area contributed by atoms with E-state index in [1.807, 2.05) is 0 Å². The van der Waals surface area contributed by atoms with Crippen LogP contribution in [0.2, 0.25) is 0 Å². The average Bonchev–Trinajstić information content (AvgIpc) is 2.73. The molecule has 0 saturated heterocycles. The molecule has 31 heavy (non-hydrogen) atoms. The van der Waals surface area contributed by atoms with Crippen molar-refractivity contribution in [2.24, 2.45) is 4.99 Å². The van der Waals surface area contributed by atoms with Crippen LogP contribution in [0.25, 0.3) is 5.82 Å². The summed E-state index contributed by atoms with van der Waals surface area (Å²) < 4.78 is 5.74. The van der Waals surface area contributed by atoms with Crippen molar-refractivity contribution in [3.8, 4) is 11.7 Å². The molecule has 4 rings (SSSR count). The van der Waals surface area contributed by atoms with Crippen LogP contribution in [0.3, 0.4) is 0 Å². The number of ether oxygens (including phenoxy) is 1. The van der Waals surface area contributed by atoms with Crippen LogP contribution in [-0.4, -0.2) is 51.1 Å². The summed E-state index contributed by atoms with van der Waals surface area (Å²) in [6, 6.07) is 7.07. The summed E-state index contributed by atoms with van der Waals surface area (Å²) in [7, 11) is 3.11. The molecular weight excluding hydrogens is 408 g/mol. The van der Waals surface area contributed by atoms with Gasteiger partial charge in [-0.15, -0.1) is 10.2 Å². The van der Waals surface area contributed by atoms with Crippen LogP contribution in [0.15, 0.2) is 44.9 Å². The summed E-state index contributed by atoms with van der Waals surface area (Å²) in [5.41, 5.74) is 5.62. The molecule has 2 aromatic heterocycles. The number of hydrogen-bond donors (Lipinski definition) is 2. The SMILES string of the molecule is COc1ccc(-n2c(=O)[nH]c(N)c(C3=Nc4ccc([N+](=O)[O-])cc4N(C)C3)c2=O)nn1. The number of nitrogen functional groups attached to an aromatic ring is 1. The second kappa shape index (κ2) is 7.37. The second-order valence-electron chi connectivity index (χ2n) is 6.64. The molecule has 3 aromatic rings. The molecule has 0 aliphatic carbocycles. The van der Waals surface area contributed by atoms with Crippen LogP contribution in [0.1, 0.15) is 5.56 Å². The van der Waals surface area contributed by atoms with E-state index in [2.05, 4.69) is 20.2 Å². The Labute approximate surface area is 173 Å². The number of nitro benzene ring substituents is 1. The van der Waals surface area contributed by atoms with Gasteiger partial charge in [0.2, 0.25) is 5.88 Å². The van der Waals surface area contributed by atoms with Crippen LogP contribution in [0.4, 0.5) is 22.9 Å². The van der Waals surface area contributed by atoms with E-state index in [0.717, 1.165) is 4.57 Å². The maximum Gasteiger partial charge on any atom is 0.335 e. The van der Waals surface area contributed by atoms with Gasteiger partial charge in [0.05, 0.1) is 35.7 Å². The third kappa shape index (κ3) is 3.37. The number of fused-ring (bicyclic) bond motifs is 1. The molecule has 0 spiro atoms. The number of benzene rings is 1. The number of anilines is 2. The van der Waals surface area contributed by atoms with Gasteiger partial charge in [-0.25, -0.2) is 14.4 Å². The Bertz CT molecular complexity index is 1340. The number of likely N-dealkylation sites (N-methyl/N-ethyl adjacent to an activating group) is 1. The zero-order valence-corrected chi connectivity index (χ0v) is 16.4. The molecular formula is C18H16N8O5. The molecule has 0 unspecified atom stereocenters. The average molecular weight is 424 g/mol. The molecule has 1 aliphatic rings. The van der Waals surface area contributed by atoms with E-state index >= 15 is 0 Å². The van der Waals surface area contributed by atoms with E-state index in [4.69, 9.17) is 10.5 Å². The van der Waals surface area contributed by atoms with Gasteiger partial charge in [0, 0.05) is 25.2 Å². The Morgan fingerprint density at radius 3 is 2.65 bits per heavy atom. The first-order valence-corrected chi connectivity index (χ1v) is 8.90. The summed E-state index contributed by atoms with van der Waals surface area (Å²) in [4.78, 5) is 44.8. The zero-order chi connectivity index (χ0) is 22.3. The summed E-state index contributed by atoms with van der Waals surface area (Å²) in [6.45, 7) is 0.133.